The third kappa shape index (κ3) is 5.13. The summed E-state index contributed by atoms with van der Waals surface area (Å²) in [7, 11) is 0. The number of fused-ring (bicyclic) bond motifs is 2. The van der Waals surface area contributed by atoms with Gasteiger partial charge >= 0.3 is 12.1 Å². The molecule has 1 aromatic heterocycles. The quantitative estimate of drug-likeness (QED) is 0.502. The van der Waals surface area contributed by atoms with Crippen molar-refractivity contribution in [2.24, 2.45) is 28.4 Å². The Morgan fingerprint density at radius 1 is 1.10 bits per heavy atom. The highest BCUT2D eigenvalue weighted by atomic mass is 19.4. The second-order valence-electron chi connectivity index (χ2n) is 11.8. The highest BCUT2D eigenvalue weighted by molar-refractivity contribution is 5.97. The van der Waals surface area contributed by atoms with Gasteiger partial charge in [0.15, 0.2) is 0 Å². The van der Waals surface area contributed by atoms with Crippen LogP contribution in [0, 0.1) is 22.7 Å². The van der Waals surface area contributed by atoms with E-state index < -0.39 is 53.3 Å². The number of nitrogens with two attached hydrogens (primary N) is 1. The fourth-order valence-corrected chi connectivity index (χ4v) is 5.63. The molecule has 0 bridgehead atoms. The lowest BCUT2D eigenvalue weighted by Gasteiger charge is -2.38. The minimum Gasteiger partial charge on any atom is -0.368 e. The van der Waals surface area contributed by atoms with Crippen molar-refractivity contribution in [3.05, 3.63) is 36.0 Å². The molecule has 1 aliphatic heterocycles. The monoisotopic (exact) mass is 548 g/mol. The molecule has 10 nitrogen and oxygen atoms in total. The average molecular weight is 549 g/mol. The number of benzene rings is 1. The van der Waals surface area contributed by atoms with E-state index in [0.29, 0.717) is 16.5 Å². The maximum absolute atomic E-state index is 13.7. The van der Waals surface area contributed by atoms with Crippen molar-refractivity contribution in [2.75, 3.05) is 6.54 Å². The van der Waals surface area contributed by atoms with Crippen molar-refractivity contribution >= 4 is 34.5 Å². The second-order valence-corrected chi connectivity index (χ2v) is 11.8. The Morgan fingerprint density at radius 2 is 1.74 bits per heavy atom. The van der Waals surface area contributed by atoms with E-state index in [1.165, 1.54) is 31.9 Å². The first-order chi connectivity index (χ1) is 18.0. The van der Waals surface area contributed by atoms with Crippen molar-refractivity contribution in [1.82, 2.24) is 25.7 Å². The standard InChI is InChI=1S/C26H31F3N6O4/c1-24(2,3)19(33-23(39)26(27,28)29)22(38)35-11-14-16(25(14,4)5)18(35)21(37)32-17(20(30)36)13-10-31-34-15-9-7-6-8-12(13)15/h6-10,14,16-19H,11H2,1-5H3,(H2,30,36)(H,32,37)(H,33,39)/t14-,16-,17?,18-,19?/m0/s1. The van der Waals surface area contributed by atoms with Crippen LogP contribution in [-0.2, 0) is 19.2 Å². The van der Waals surface area contributed by atoms with Crippen LogP contribution in [0.25, 0.3) is 10.9 Å². The molecule has 4 rings (SSSR count). The normalized spacial score (nSPS) is 23.5. The van der Waals surface area contributed by atoms with Crippen LogP contribution in [0.4, 0.5) is 13.2 Å². The number of hydrogen-bond donors (Lipinski definition) is 3. The number of halogens is 3. The molecular weight excluding hydrogens is 517 g/mol. The van der Waals surface area contributed by atoms with Gasteiger partial charge in [0.05, 0.1) is 11.7 Å². The molecule has 4 amide bonds. The molecule has 0 spiro atoms. The van der Waals surface area contributed by atoms with Crippen molar-refractivity contribution in [1.29, 1.82) is 0 Å². The number of hydrogen-bond acceptors (Lipinski definition) is 6. The first-order valence-corrected chi connectivity index (χ1v) is 12.4. The summed E-state index contributed by atoms with van der Waals surface area (Å²) in [5.74, 6) is -5.00. The number of aromatic nitrogens is 2. The van der Waals surface area contributed by atoms with Gasteiger partial charge < -0.3 is 21.3 Å². The van der Waals surface area contributed by atoms with E-state index in [2.05, 4.69) is 15.5 Å². The number of amides is 4. The molecule has 2 aromatic rings. The number of primary amides is 1. The highest BCUT2D eigenvalue weighted by Gasteiger charge is 2.70. The number of carbonyl (C=O) groups excluding carboxylic acids is 4. The molecule has 13 heteroatoms. The van der Waals surface area contributed by atoms with Gasteiger partial charge in [-0.05, 0) is 28.7 Å². The molecule has 2 fully saturated rings. The van der Waals surface area contributed by atoms with E-state index in [1.807, 2.05) is 19.2 Å². The SMILES string of the molecule is CC(C)(C)C(NC(=O)C(F)(F)F)C(=O)N1C[C@H]2[C@@H]([C@H]1C(=O)NC(C(N)=O)c1cnnc3ccccc13)C2(C)C. The van der Waals surface area contributed by atoms with Gasteiger partial charge in [-0.1, -0.05) is 52.8 Å². The lowest BCUT2D eigenvalue weighted by molar-refractivity contribution is -0.176. The van der Waals surface area contributed by atoms with Gasteiger partial charge in [0.2, 0.25) is 17.7 Å². The fourth-order valence-electron chi connectivity index (χ4n) is 5.63. The van der Waals surface area contributed by atoms with Crippen molar-refractivity contribution < 1.29 is 32.3 Å². The van der Waals surface area contributed by atoms with Crippen LogP contribution >= 0.6 is 0 Å². The molecule has 1 saturated carbocycles. The van der Waals surface area contributed by atoms with Crippen LogP contribution in [0.5, 0.6) is 0 Å². The van der Waals surface area contributed by atoms with Gasteiger partial charge in [-0.3, -0.25) is 19.2 Å². The second kappa shape index (κ2) is 9.45. The number of rotatable bonds is 6. The van der Waals surface area contributed by atoms with Gasteiger partial charge in [-0.2, -0.15) is 23.4 Å². The number of carbonyl (C=O) groups is 4. The minimum absolute atomic E-state index is 0.0911. The molecule has 1 aliphatic carbocycles. The van der Waals surface area contributed by atoms with Gasteiger partial charge in [0.1, 0.15) is 18.1 Å². The lowest BCUT2D eigenvalue weighted by Crippen LogP contribution is -2.61. The van der Waals surface area contributed by atoms with Crippen LogP contribution in [-0.4, -0.2) is 63.5 Å². The largest absolute Gasteiger partial charge is 0.471 e. The molecule has 210 valence electrons. The summed E-state index contributed by atoms with van der Waals surface area (Å²) in [5, 5.41) is 12.9. The topological polar surface area (TPSA) is 147 Å². The van der Waals surface area contributed by atoms with E-state index >= 15 is 0 Å². The zero-order chi connectivity index (χ0) is 29.1. The Balaban J connectivity index is 1.66. The molecule has 1 aromatic carbocycles. The van der Waals surface area contributed by atoms with Crippen LogP contribution < -0.4 is 16.4 Å². The third-order valence-electron chi connectivity index (χ3n) is 7.87. The molecule has 0 radical (unpaired) electrons. The molecule has 2 unspecified atom stereocenters. The first-order valence-electron chi connectivity index (χ1n) is 12.4. The molecule has 4 N–H and O–H groups in total. The molecule has 39 heavy (non-hydrogen) atoms. The van der Waals surface area contributed by atoms with Crippen LogP contribution in [0.15, 0.2) is 30.5 Å². The summed E-state index contributed by atoms with van der Waals surface area (Å²) in [4.78, 5) is 52.9. The Bertz CT molecular complexity index is 1330. The average Bonchev–Trinajstić information content (AvgIpc) is 3.16. The predicted molar refractivity (Wildman–Crippen MR) is 133 cm³/mol. The minimum atomic E-state index is -5.19. The van der Waals surface area contributed by atoms with Gasteiger partial charge in [0, 0.05) is 17.5 Å². The van der Waals surface area contributed by atoms with E-state index in [-0.39, 0.29) is 23.8 Å². The maximum Gasteiger partial charge on any atom is 0.471 e. The number of alkyl halides is 3. The molecule has 2 aliphatic rings. The summed E-state index contributed by atoms with van der Waals surface area (Å²) >= 11 is 0. The Kier molecular flexibility index (Phi) is 6.85. The van der Waals surface area contributed by atoms with Crippen LogP contribution in [0.1, 0.15) is 46.2 Å². The van der Waals surface area contributed by atoms with Gasteiger partial charge in [-0.25, -0.2) is 0 Å². The smallest absolute Gasteiger partial charge is 0.368 e. The molecular formula is C26H31F3N6O4. The Morgan fingerprint density at radius 3 is 2.33 bits per heavy atom. The number of nitrogens with one attached hydrogen (secondary N) is 2. The molecule has 1 saturated heterocycles. The number of likely N-dealkylation sites (tertiary alicyclic amines) is 1. The van der Waals surface area contributed by atoms with E-state index in [1.54, 1.807) is 24.3 Å². The number of nitrogens with zero attached hydrogens (tertiary/aromatic N) is 3. The number of piperidine rings is 1. The summed E-state index contributed by atoms with van der Waals surface area (Å²) in [6, 6.07) is 2.89. The fraction of sp³-hybridized carbons (Fsp3) is 0.538. The molecule has 2 heterocycles. The van der Waals surface area contributed by atoms with Gasteiger partial charge in [0.25, 0.3) is 0 Å². The van der Waals surface area contributed by atoms with Crippen molar-refractivity contribution in [2.45, 2.75) is 58.9 Å². The lowest BCUT2D eigenvalue weighted by atomic mass is 9.85. The Labute approximate surface area is 222 Å². The highest BCUT2D eigenvalue weighted by Crippen LogP contribution is 2.65. The Hall–Kier alpha value is -3.77. The van der Waals surface area contributed by atoms with Crippen LogP contribution in [0.2, 0.25) is 0 Å². The summed E-state index contributed by atoms with van der Waals surface area (Å²) in [5.41, 5.74) is 5.04. The third-order valence-corrected chi connectivity index (χ3v) is 7.87. The zero-order valence-electron chi connectivity index (χ0n) is 22.2. The molecule has 5 atom stereocenters. The van der Waals surface area contributed by atoms with E-state index in [0.717, 1.165) is 0 Å². The van der Waals surface area contributed by atoms with E-state index in [4.69, 9.17) is 5.73 Å². The first kappa shape index (κ1) is 28.2. The van der Waals surface area contributed by atoms with Crippen molar-refractivity contribution in [3.63, 3.8) is 0 Å². The van der Waals surface area contributed by atoms with Crippen molar-refractivity contribution in [3.8, 4) is 0 Å². The summed E-state index contributed by atoms with van der Waals surface area (Å²) < 4.78 is 39.2. The zero-order valence-corrected chi connectivity index (χ0v) is 22.2. The van der Waals surface area contributed by atoms with E-state index in [9.17, 15) is 32.3 Å². The summed E-state index contributed by atoms with van der Waals surface area (Å²) in [6.45, 7) is 8.54. The summed E-state index contributed by atoms with van der Waals surface area (Å²) in [6.07, 6.45) is -3.87. The van der Waals surface area contributed by atoms with Gasteiger partial charge in [-0.15, -0.1) is 0 Å². The maximum atomic E-state index is 13.7. The van der Waals surface area contributed by atoms with Crippen LogP contribution in [0.3, 0.4) is 0 Å². The predicted octanol–water partition coefficient (Wildman–Crippen LogP) is 1.85.